The van der Waals surface area contributed by atoms with Gasteiger partial charge < -0.3 is 20.2 Å². The Labute approximate surface area is 155 Å². The Morgan fingerprint density at radius 1 is 1.04 bits per heavy atom. The molecule has 7 nitrogen and oxygen atoms in total. The Hall–Kier alpha value is -1.99. The number of hydrogen-bond donors (Lipinski definition) is 2. The van der Waals surface area contributed by atoms with Gasteiger partial charge in [-0.1, -0.05) is 29.3 Å². The van der Waals surface area contributed by atoms with E-state index in [0.717, 1.165) is 0 Å². The van der Waals surface area contributed by atoms with Gasteiger partial charge in [-0.3, -0.25) is 9.59 Å². The van der Waals surface area contributed by atoms with E-state index in [9.17, 15) is 14.4 Å². The third kappa shape index (κ3) is 5.24. The number of urea groups is 1. The average Bonchev–Trinajstić information content (AvgIpc) is 2.58. The van der Waals surface area contributed by atoms with Gasteiger partial charge in [0.25, 0.3) is 5.91 Å². The Morgan fingerprint density at radius 2 is 1.60 bits per heavy atom. The molecule has 1 aromatic rings. The molecule has 3 amide bonds. The number of carbonyl (C=O) groups excluding carboxylic acids is 2. The molecule has 0 aromatic heterocycles. The quantitative estimate of drug-likeness (QED) is 0.758. The van der Waals surface area contributed by atoms with Crippen molar-refractivity contribution < 1.29 is 19.5 Å². The summed E-state index contributed by atoms with van der Waals surface area (Å²) < 4.78 is 0. The first-order chi connectivity index (χ1) is 11.9. The van der Waals surface area contributed by atoms with Crippen LogP contribution in [0.25, 0.3) is 0 Å². The number of nitrogens with zero attached hydrogens (tertiary/aromatic N) is 2. The lowest BCUT2D eigenvalue weighted by molar-refractivity contribution is -0.137. The molecular formula is C16H19Cl2N3O4. The molecule has 0 bridgehead atoms. The van der Waals surface area contributed by atoms with E-state index in [4.69, 9.17) is 28.3 Å². The number of rotatable bonds is 5. The van der Waals surface area contributed by atoms with Crippen molar-refractivity contribution in [3.63, 3.8) is 0 Å². The molecule has 1 aliphatic heterocycles. The fourth-order valence-electron chi connectivity index (χ4n) is 2.52. The summed E-state index contributed by atoms with van der Waals surface area (Å²) in [6.07, 6.45) is 0.395. The van der Waals surface area contributed by atoms with E-state index < -0.39 is 5.97 Å². The first-order valence-corrected chi connectivity index (χ1v) is 8.63. The predicted molar refractivity (Wildman–Crippen MR) is 94.2 cm³/mol. The van der Waals surface area contributed by atoms with Crippen molar-refractivity contribution in [2.45, 2.75) is 12.8 Å². The average molecular weight is 388 g/mol. The number of carbonyl (C=O) groups is 3. The summed E-state index contributed by atoms with van der Waals surface area (Å²) in [5.41, 5.74) is 0.275. The van der Waals surface area contributed by atoms with Crippen LogP contribution in [0.2, 0.25) is 10.0 Å². The second-order valence-electron chi connectivity index (χ2n) is 5.61. The summed E-state index contributed by atoms with van der Waals surface area (Å²) >= 11 is 12.1. The van der Waals surface area contributed by atoms with Crippen LogP contribution in [0.5, 0.6) is 0 Å². The maximum Gasteiger partial charge on any atom is 0.317 e. The van der Waals surface area contributed by atoms with Gasteiger partial charge in [-0.15, -0.1) is 0 Å². The second-order valence-corrected chi connectivity index (χ2v) is 6.42. The lowest BCUT2D eigenvalue weighted by Crippen LogP contribution is -2.53. The highest BCUT2D eigenvalue weighted by molar-refractivity contribution is 6.39. The lowest BCUT2D eigenvalue weighted by atomic mass is 10.1. The first kappa shape index (κ1) is 19.3. The van der Waals surface area contributed by atoms with Crippen LogP contribution in [0.1, 0.15) is 23.2 Å². The lowest BCUT2D eigenvalue weighted by Gasteiger charge is -2.35. The van der Waals surface area contributed by atoms with Gasteiger partial charge in [-0.25, -0.2) is 4.79 Å². The van der Waals surface area contributed by atoms with Crippen LogP contribution in [0, 0.1) is 0 Å². The molecule has 1 heterocycles. The minimum absolute atomic E-state index is 0.0150. The third-order valence-corrected chi connectivity index (χ3v) is 4.50. The zero-order chi connectivity index (χ0) is 18.4. The molecule has 2 N–H and O–H groups in total. The second kappa shape index (κ2) is 8.92. The van der Waals surface area contributed by atoms with E-state index in [2.05, 4.69) is 5.32 Å². The van der Waals surface area contributed by atoms with Crippen LogP contribution in [0.15, 0.2) is 18.2 Å². The van der Waals surface area contributed by atoms with Crippen LogP contribution in [0.3, 0.4) is 0 Å². The van der Waals surface area contributed by atoms with Crippen molar-refractivity contribution in [1.82, 2.24) is 15.1 Å². The normalized spacial score (nSPS) is 14.3. The number of carboxylic acid groups (broad SMARTS) is 1. The number of carboxylic acids is 1. The van der Waals surface area contributed by atoms with Crippen molar-refractivity contribution in [3.05, 3.63) is 33.8 Å². The number of halogens is 2. The number of nitrogens with one attached hydrogen (secondary N) is 1. The highest BCUT2D eigenvalue weighted by Gasteiger charge is 2.27. The van der Waals surface area contributed by atoms with Crippen LogP contribution >= 0.6 is 23.2 Å². The molecule has 2 rings (SSSR count). The van der Waals surface area contributed by atoms with Gasteiger partial charge in [0, 0.05) is 39.1 Å². The first-order valence-electron chi connectivity index (χ1n) is 7.88. The molecule has 9 heteroatoms. The highest BCUT2D eigenvalue weighted by atomic mass is 35.5. The molecular weight excluding hydrogens is 369 g/mol. The standard InChI is InChI=1S/C16H19Cl2N3O4/c17-11-3-1-4-12(18)14(11)15(24)20-7-9-21(10-8-20)16(25)19-6-2-5-13(22)23/h1,3-4H,2,5-10H2,(H,19,25)(H,22,23). The molecule has 1 fully saturated rings. The van der Waals surface area contributed by atoms with Gasteiger partial charge >= 0.3 is 12.0 Å². The maximum atomic E-state index is 12.6. The van der Waals surface area contributed by atoms with Crippen LogP contribution in [-0.4, -0.2) is 65.5 Å². The van der Waals surface area contributed by atoms with Crippen molar-refractivity contribution >= 4 is 41.1 Å². The molecule has 0 aliphatic carbocycles. The van der Waals surface area contributed by atoms with E-state index in [0.29, 0.717) is 49.2 Å². The van der Waals surface area contributed by atoms with Crippen molar-refractivity contribution in [2.75, 3.05) is 32.7 Å². The number of hydrogen-bond acceptors (Lipinski definition) is 3. The number of benzene rings is 1. The molecule has 0 atom stereocenters. The van der Waals surface area contributed by atoms with Crippen molar-refractivity contribution in [3.8, 4) is 0 Å². The SMILES string of the molecule is O=C(O)CCCNC(=O)N1CCN(C(=O)c2c(Cl)cccc2Cl)CC1. The van der Waals surface area contributed by atoms with E-state index in [-0.39, 0.29) is 23.9 Å². The Morgan fingerprint density at radius 3 is 2.16 bits per heavy atom. The largest absolute Gasteiger partial charge is 0.481 e. The fourth-order valence-corrected chi connectivity index (χ4v) is 3.08. The summed E-state index contributed by atoms with van der Waals surface area (Å²) in [6, 6.07) is 4.64. The minimum atomic E-state index is -0.889. The summed E-state index contributed by atoms with van der Waals surface area (Å²) in [5, 5.41) is 11.8. The summed E-state index contributed by atoms with van der Waals surface area (Å²) in [7, 11) is 0. The zero-order valence-electron chi connectivity index (χ0n) is 13.5. The Kier molecular flexibility index (Phi) is 6.90. The number of amides is 3. The van der Waals surface area contributed by atoms with Gasteiger partial charge in [-0.2, -0.15) is 0 Å². The summed E-state index contributed by atoms with van der Waals surface area (Å²) in [4.78, 5) is 38.2. The fraction of sp³-hybridized carbons (Fsp3) is 0.438. The molecule has 1 saturated heterocycles. The number of aliphatic carboxylic acids is 1. The van der Waals surface area contributed by atoms with Crippen LogP contribution < -0.4 is 5.32 Å². The predicted octanol–water partition coefficient (Wildman–Crippen LogP) is 2.33. The molecule has 0 spiro atoms. The van der Waals surface area contributed by atoms with Gasteiger partial charge in [-0.05, 0) is 18.6 Å². The van der Waals surface area contributed by atoms with E-state index >= 15 is 0 Å². The summed E-state index contributed by atoms with van der Waals surface area (Å²) in [6.45, 7) is 1.84. The molecule has 0 saturated carbocycles. The smallest absolute Gasteiger partial charge is 0.317 e. The Balaban J connectivity index is 1.84. The molecule has 0 radical (unpaired) electrons. The van der Waals surface area contributed by atoms with Gasteiger partial charge in [0.05, 0.1) is 15.6 Å². The topological polar surface area (TPSA) is 89.9 Å². The number of piperazine rings is 1. The third-order valence-electron chi connectivity index (χ3n) is 3.87. The van der Waals surface area contributed by atoms with Crippen molar-refractivity contribution in [1.29, 1.82) is 0 Å². The molecule has 1 aromatic carbocycles. The summed E-state index contributed by atoms with van der Waals surface area (Å²) in [5.74, 6) is -1.14. The maximum absolute atomic E-state index is 12.6. The molecule has 1 aliphatic rings. The van der Waals surface area contributed by atoms with E-state index in [1.54, 1.807) is 28.0 Å². The van der Waals surface area contributed by atoms with Gasteiger partial charge in [0.2, 0.25) is 0 Å². The zero-order valence-corrected chi connectivity index (χ0v) is 15.0. The monoisotopic (exact) mass is 387 g/mol. The van der Waals surface area contributed by atoms with Crippen LogP contribution in [-0.2, 0) is 4.79 Å². The van der Waals surface area contributed by atoms with Crippen LogP contribution in [0.4, 0.5) is 4.79 Å². The Bertz CT molecular complexity index is 641. The van der Waals surface area contributed by atoms with Gasteiger partial charge in [0.1, 0.15) is 0 Å². The van der Waals surface area contributed by atoms with E-state index in [1.807, 2.05) is 0 Å². The molecule has 25 heavy (non-hydrogen) atoms. The van der Waals surface area contributed by atoms with Crippen molar-refractivity contribution in [2.24, 2.45) is 0 Å². The molecule has 136 valence electrons. The molecule has 0 unspecified atom stereocenters. The van der Waals surface area contributed by atoms with Gasteiger partial charge in [0.15, 0.2) is 0 Å². The van der Waals surface area contributed by atoms with E-state index in [1.165, 1.54) is 0 Å². The minimum Gasteiger partial charge on any atom is -0.481 e. The highest BCUT2D eigenvalue weighted by Crippen LogP contribution is 2.26.